The van der Waals surface area contributed by atoms with E-state index in [4.69, 9.17) is 0 Å². The van der Waals surface area contributed by atoms with Crippen molar-refractivity contribution in [3.8, 4) is 10.6 Å². The molecule has 0 bridgehead atoms. The second-order valence-electron chi connectivity index (χ2n) is 6.50. The van der Waals surface area contributed by atoms with Crippen LogP contribution in [0.25, 0.3) is 10.6 Å². The number of rotatable bonds is 6. The molecule has 3 aromatic rings. The number of benzene rings is 1. The minimum absolute atomic E-state index is 0.174. The fourth-order valence-corrected chi connectivity index (χ4v) is 5.06. The fourth-order valence-electron chi connectivity index (χ4n) is 2.54. The molecular weight excluding hydrogens is 475 g/mol. The van der Waals surface area contributed by atoms with Crippen molar-refractivity contribution < 1.29 is 31.5 Å². The Hall–Kier alpha value is -2.35. The van der Waals surface area contributed by atoms with Crippen molar-refractivity contribution >= 4 is 43.5 Å². The Balaban J connectivity index is 1.67. The molecule has 2 aromatic heterocycles. The van der Waals surface area contributed by atoms with Crippen molar-refractivity contribution in [2.24, 2.45) is 0 Å². The van der Waals surface area contributed by atoms with E-state index >= 15 is 0 Å². The highest BCUT2D eigenvalue weighted by Crippen LogP contribution is 2.34. The predicted octanol–water partition coefficient (Wildman–Crippen LogP) is 4.10. The summed E-state index contributed by atoms with van der Waals surface area (Å²) in [5.41, 5.74) is -3.74. The van der Waals surface area contributed by atoms with Gasteiger partial charge in [-0.3, -0.25) is 4.79 Å². The van der Waals surface area contributed by atoms with Crippen LogP contribution in [0.1, 0.15) is 29.3 Å². The Morgan fingerprint density at radius 2 is 1.87 bits per heavy atom. The molecular formula is C18H16F3N3O4S3. The molecule has 0 aliphatic rings. The van der Waals surface area contributed by atoms with Crippen LogP contribution in [0, 0.1) is 6.92 Å². The summed E-state index contributed by atoms with van der Waals surface area (Å²) in [6, 6.07) is 3.95. The van der Waals surface area contributed by atoms with Crippen LogP contribution in [0.15, 0.2) is 34.5 Å². The molecule has 0 aliphatic heterocycles. The standard InChI is InChI=1S/C18H16F3N3O4S3/c1-9-15(30-16(22-9)10(2)25)13-8-29-17(23-13)24-14(26)7-11-3-5-12(6-4-11)31(27,28)18(19,20)21/h3-6,8,10,25H,7H2,1-2H3,(H,23,24,26)/t10-/m0/s1. The van der Waals surface area contributed by atoms with Crippen LogP contribution < -0.4 is 5.32 Å². The molecule has 7 nitrogen and oxygen atoms in total. The summed E-state index contributed by atoms with van der Waals surface area (Å²) in [7, 11) is -5.43. The van der Waals surface area contributed by atoms with Gasteiger partial charge in [0.05, 0.1) is 27.6 Å². The average molecular weight is 492 g/mol. The molecule has 2 heterocycles. The van der Waals surface area contributed by atoms with Crippen LogP contribution in [-0.4, -0.2) is 34.9 Å². The molecule has 31 heavy (non-hydrogen) atoms. The molecule has 0 aliphatic carbocycles. The Morgan fingerprint density at radius 1 is 1.23 bits per heavy atom. The lowest BCUT2D eigenvalue weighted by Gasteiger charge is -2.08. The van der Waals surface area contributed by atoms with Crippen LogP contribution in [0.3, 0.4) is 0 Å². The second kappa shape index (κ2) is 8.65. The van der Waals surface area contributed by atoms with Gasteiger partial charge in [0, 0.05) is 5.38 Å². The molecule has 2 N–H and O–H groups in total. The third kappa shape index (κ3) is 5.11. The Kier molecular flexibility index (Phi) is 6.51. The Bertz CT molecular complexity index is 1200. The summed E-state index contributed by atoms with van der Waals surface area (Å²) in [5.74, 6) is -0.460. The average Bonchev–Trinajstić information content (AvgIpc) is 3.27. The highest BCUT2D eigenvalue weighted by Gasteiger charge is 2.46. The van der Waals surface area contributed by atoms with Gasteiger partial charge in [-0.25, -0.2) is 18.4 Å². The topological polar surface area (TPSA) is 109 Å². The summed E-state index contributed by atoms with van der Waals surface area (Å²) in [5, 5.41) is 14.9. The van der Waals surface area contributed by atoms with E-state index in [1.165, 1.54) is 22.7 Å². The number of aliphatic hydroxyl groups excluding tert-OH is 1. The number of sulfone groups is 1. The summed E-state index contributed by atoms with van der Waals surface area (Å²) < 4.78 is 60.5. The van der Waals surface area contributed by atoms with E-state index in [1.54, 1.807) is 19.2 Å². The Morgan fingerprint density at radius 3 is 2.42 bits per heavy atom. The highest BCUT2D eigenvalue weighted by atomic mass is 32.2. The van der Waals surface area contributed by atoms with Crippen LogP contribution in [0.2, 0.25) is 0 Å². The van der Waals surface area contributed by atoms with Gasteiger partial charge in [0.15, 0.2) is 5.13 Å². The smallest absolute Gasteiger partial charge is 0.386 e. The number of alkyl halides is 3. The number of nitrogens with one attached hydrogen (secondary N) is 1. The molecule has 1 amide bonds. The summed E-state index contributed by atoms with van der Waals surface area (Å²) in [6.45, 7) is 3.40. The molecule has 0 saturated heterocycles. The van der Waals surface area contributed by atoms with Gasteiger partial charge < -0.3 is 10.4 Å². The third-order valence-electron chi connectivity index (χ3n) is 4.06. The first-order valence-electron chi connectivity index (χ1n) is 8.70. The summed E-state index contributed by atoms with van der Waals surface area (Å²) in [4.78, 5) is 20.8. The number of carbonyl (C=O) groups excluding carboxylic acids is 1. The van der Waals surface area contributed by atoms with Crippen molar-refractivity contribution in [1.82, 2.24) is 9.97 Å². The van der Waals surface area contributed by atoms with Crippen LogP contribution >= 0.6 is 22.7 Å². The van der Waals surface area contributed by atoms with Crippen molar-refractivity contribution in [2.75, 3.05) is 5.32 Å². The molecule has 3 rings (SSSR count). The number of hydrogen-bond donors (Lipinski definition) is 2. The summed E-state index contributed by atoms with van der Waals surface area (Å²) >= 11 is 2.49. The SMILES string of the molecule is Cc1nc([C@H](C)O)sc1-c1csc(NC(=O)Cc2ccc(S(=O)(=O)C(F)(F)F)cc2)n1. The lowest BCUT2D eigenvalue weighted by molar-refractivity contribution is -0.115. The first-order chi connectivity index (χ1) is 14.4. The number of aromatic nitrogens is 2. The number of anilines is 1. The highest BCUT2D eigenvalue weighted by molar-refractivity contribution is 7.92. The van der Waals surface area contributed by atoms with Crippen molar-refractivity contribution in [3.63, 3.8) is 0 Å². The van der Waals surface area contributed by atoms with Crippen molar-refractivity contribution in [2.45, 2.75) is 36.8 Å². The van der Waals surface area contributed by atoms with E-state index in [0.29, 0.717) is 27.1 Å². The lowest BCUT2D eigenvalue weighted by Crippen LogP contribution is -2.23. The van der Waals surface area contributed by atoms with E-state index in [-0.39, 0.29) is 6.42 Å². The van der Waals surface area contributed by atoms with Gasteiger partial charge in [-0.05, 0) is 31.5 Å². The number of carbonyl (C=O) groups is 1. The van der Waals surface area contributed by atoms with Gasteiger partial charge in [-0.2, -0.15) is 13.2 Å². The Labute approximate surface area is 183 Å². The number of aliphatic hydroxyl groups is 1. The van der Waals surface area contributed by atoms with Crippen LogP contribution in [0.4, 0.5) is 18.3 Å². The van der Waals surface area contributed by atoms with Gasteiger partial charge in [0.2, 0.25) is 5.91 Å². The van der Waals surface area contributed by atoms with E-state index in [2.05, 4.69) is 15.3 Å². The molecule has 0 unspecified atom stereocenters. The number of halogens is 3. The summed E-state index contributed by atoms with van der Waals surface area (Å²) in [6.07, 6.45) is -0.875. The third-order valence-corrected chi connectivity index (χ3v) is 7.67. The van der Waals surface area contributed by atoms with E-state index in [9.17, 15) is 31.5 Å². The molecule has 1 atom stereocenters. The quantitative estimate of drug-likeness (QED) is 0.537. The maximum atomic E-state index is 12.6. The largest absolute Gasteiger partial charge is 0.501 e. The van der Waals surface area contributed by atoms with Gasteiger partial charge >= 0.3 is 5.51 Å². The minimum Gasteiger partial charge on any atom is -0.386 e. The van der Waals surface area contributed by atoms with Gasteiger partial charge in [0.25, 0.3) is 9.84 Å². The lowest BCUT2D eigenvalue weighted by atomic mass is 10.1. The number of amides is 1. The number of thiazole rings is 2. The molecule has 166 valence electrons. The normalized spacial score (nSPS) is 13.2. The zero-order chi connectivity index (χ0) is 23.0. The van der Waals surface area contributed by atoms with Crippen LogP contribution in [-0.2, 0) is 21.1 Å². The molecule has 0 radical (unpaired) electrons. The minimum atomic E-state index is -5.43. The maximum Gasteiger partial charge on any atom is 0.501 e. The first-order valence-corrected chi connectivity index (χ1v) is 11.9. The maximum absolute atomic E-state index is 12.6. The molecule has 0 spiro atoms. The molecule has 1 aromatic carbocycles. The fraction of sp³-hybridized carbons (Fsp3) is 0.278. The van der Waals surface area contributed by atoms with E-state index < -0.39 is 32.3 Å². The molecule has 13 heteroatoms. The predicted molar refractivity (Wildman–Crippen MR) is 111 cm³/mol. The number of aryl methyl sites for hydroxylation is 1. The second-order valence-corrected chi connectivity index (χ2v) is 10.3. The molecule has 0 saturated carbocycles. The zero-order valence-corrected chi connectivity index (χ0v) is 18.5. The van der Waals surface area contributed by atoms with Gasteiger partial charge in [-0.1, -0.05) is 12.1 Å². The van der Waals surface area contributed by atoms with Crippen LogP contribution in [0.5, 0.6) is 0 Å². The number of hydrogen-bond acceptors (Lipinski definition) is 8. The number of nitrogens with zero attached hydrogens (tertiary/aromatic N) is 2. The van der Waals surface area contributed by atoms with E-state index in [0.717, 1.165) is 29.1 Å². The zero-order valence-electron chi connectivity index (χ0n) is 16.1. The van der Waals surface area contributed by atoms with Crippen molar-refractivity contribution in [1.29, 1.82) is 0 Å². The monoisotopic (exact) mass is 491 g/mol. The first kappa shape index (κ1) is 23.3. The molecule has 0 fully saturated rings. The van der Waals surface area contributed by atoms with Gasteiger partial charge in [0.1, 0.15) is 11.1 Å². The van der Waals surface area contributed by atoms with Gasteiger partial charge in [-0.15, -0.1) is 22.7 Å². The van der Waals surface area contributed by atoms with E-state index in [1.807, 2.05) is 0 Å². The van der Waals surface area contributed by atoms with Crippen molar-refractivity contribution in [3.05, 3.63) is 45.9 Å².